The first-order valence-electron chi connectivity index (χ1n) is 6.02. The lowest BCUT2D eigenvalue weighted by Gasteiger charge is -2.19. The van der Waals surface area contributed by atoms with Crippen LogP contribution in [0.1, 0.15) is 35.3 Å². The Morgan fingerprint density at radius 1 is 1.29 bits per heavy atom. The molecular formula is C14H21NO2. The Kier molecular flexibility index (Phi) is 5.16. The molecule has 0 radical (unpaired) electrons. The average Bonchev–Trinajstić information content (AvgIpc) is 2.36. The van der Waals surface area contributed by atoms with Crippen molar-refractivity contribution < 1.29 is 9.53 Å². The minimum absolute atomic E-state index is 0.275. The molecule has 0 atom stereocenters. The zero-order chi connectivity index (χ0) is 12.8. The van der Waals surface area contributed by atoms with Crippen LogP contribution in [0.3, 0.4) is 0 Å². The Morgan fingerprint density at radius 2 is 1.94 bits per heavy atom. The molecule has 1 aromatic carbocycles. The van der Waals surface area contributed by atoms with Crippen LogP contribution in [0.5, 0.6) is 0 Å². The highest BCUT2D eigenvalue weighted by molar-refractivity contribution is 5.89. The maximum absolute atomic E-state index is 11.4. The fourth-order valence-corrected chi connectivity index (χ4v) is 1.81. The van der Waals surface area contributed by atoms with E-state index in [-0.39, 0.29) is 5.97 Å². The van der Waals surface area contributed by atoms with Crippen molar-refractivity contribution in [2.75, 3.05) is 20.2 Å². The zero-order valence-electron chi connectivity index (χ0n) is 11.1. The van der Waals surface area contributed by atoms with Crippen LogP contribution in [0.15, 0.2) is 18.2 Å². The molecule has 0 aliphatic rings. The van der Waals surface area contributed by atoms with Crippen LogP contribution in [0.4, 0.5) is 0 Å². The van der Waals surface area contributed by atoms with Crippen LogP contribution in [0.25, 0.3) is 0 Å². The summed E-state index contributed by atoms with van der Waals surface area (Å²) < 4.78 is 4.71. The van der Waals surface area contributed by atoms with Gasteiger partial charge in [-0.3, -0.25) is 4.90 Å². The fraction of sp³-hybridized carbons (Fsp3) is 0.500. The largest absolute Gasteiger partial charge is 0.465 e. The zero-order valence-corrected chi connectivity index (χ0v) is 11.1. The molecule has 94 valence electrons. The van der Waals surface area contributed by atoms with E-state index in [4.69, 9.17) is 4.74 Å². The minimum atomic E-state index is -0.275. The van der Waals surface area contributed by atoms with Crippen LogP contribution >= 0.6 is 0 Å². The summed E-state index contributed by atoms with van der Waals surface area (Å²) in [6.07, 6.45) is 0. The highest BCUT2D eigenvalue weighted by Gasteiger charge is 2.09. The lowest BCUT2D eigenvalue weighted by molar-refractivity contribution is 0.0600. The highest BCUT2D eigenvalue weighted by atomic mass is 16.5. The fourth-order valence-electron chi connectivity index (χ4n) is 1.81. The van der Waals surface area contributed by atoms with E-state index in [0.29, 0.717) is 5.56 Å². The van der Waals surface area contributed by atoms with Gasteiger partial charge in [0.2, 0.25) is 0 Å². The Hall–Kier alpha value is -1.35. The van der Waals surface area contributed by atoms with Crippen LogP contribution < -0.4 is 0 Å². The number of carbonyl (C=O) groups excluding carboxylic acids is 1. The Bertz CT molecular complexity index is 384. The lowest BCUT2D eigenvalue weighted by Crippen LogP contribution is -2.22. The summed E-state index contributed by atoms with van der Waals surface area (Å²) in [5.74, 6) is -0.275. The second-order valence-corrected chi connectivity index (χ2v) is 4.09. The number of nitrogens with zero attached hydrogens (tertiary/aromatic N) is 1. The van der Waals surface area contributed by atoms with Gasteiger partial charge in [-0.1, -0.05) is 19.9 Å². The molecule has 0 saturated heterocycles. The van der Waals surface area contributed by atoms with E-state index in [9.17, 15) is 4.79 Å². The summed E-state index contributed by atoms with van der Waals surface area (Å²) in [6, 6.07) is 5.74. The number of methoxy groups -OCH3 is 1. The average molecular weight is 235 g/mol. The lowest BCUT2D eigenvalue weighted by atomic mass is 10.0. The van der Waals surface area contributed by atoms with Gasteiger partial charge in [0.15, 0.2) is 0 Å². The predicted octanol–water partition coefficient (Wildman–Crippen LogP) is 2.62. The van der Waals surface area contributed by atoms with Crippen LogP contribution in [0, 0.1) is 6.92 Å². The van der Waals surface area contributed by atoms with Crippen molar-refractivity contribution >= 4 is 5.97 Å². The highest BCUT2D eigenvalue weighted by Crippen LogP contribution is 2.14. The van der Waals surface area contributed by atoms with E-state index in [0.717, 1.165) is 25.2 Å². The first-order valence-corrected chi connectivity index (χ1v) is 6.02. The number of hydrogen-bond acceptors (Lipinski definition) is 3. The summed E-state index contributed by atoms with van der Waals surface area (Å²) in [7, 11) is 1.40. The molecule has 0 aliphatic heterocycles. The van der Waals surface area contributed by atoms with E-state index < -0.39 is 0 Å². The maximum atomic E-state index is 11.4. The van der Waals surface area contributed by atoms with Crippen molar-refractivity contribution in [3.8, 4) is 0 Å². The van der Waals surface area contributed by atoms with E-state index in [1.165, 1.54) is 12.7 Å². The van der Waals surface area contributed by atoms with Gasteiger partial charge in [0.25, 0.3) is 0 Å². The van der Waals surface area contributed by atoms with Crippen molar-refractivity contribution in [3.63, 3.8) is 0 Å². The standard InChI is InChI=1S/C14H21NO2/c1-5-15(6-2)10-13-8-7-12(9-11(13)3)14(16)17-4/h7-9H,5-6,10H2,1-4H3. The molecule has 0 spiro atoms. The quantitative estimate of drug-likeness (QED) is 0.735. The Balaban J connectivity index is 2.86. The van der Waals surface area contributed by atoms with E-state index >= 15 is 0 Å². The number of esters is 1. The predicted molar refractivity (Wildman–Crippen MR) is 69.1 cm³/mol. The van der Waals surface area contributed by atoms with Gasteiger partial charge < -0.3 is 4.74 Å². The summed E-state index contributed by atoms with van der Waals surface area (Å²) in [4.78, 5) is 13.7. The summed E-state index contributed by atoms with van der Waals surface area (Å²) in [6.45, 7) is 9.35. The van der Waals surface area contributed by atoms with Crippen molar-refractivity contribution in [3.05, 3.63) is 34.9 Å². The van der Waals surface area contributed by atoms with Gasteiger partial charge in [-0.05, 0) is 43.3 Å². The minimum Gasteiger partial charge on any atom is -0.465 e. The van der Waals surface area contributed by atoms with Gasteiger partial charge in [0, 0.05) is 6.54 Å². The van der Waals surface area contributed by atoms with Gasteiger partial charge in [-0.2, -0.15) is 0 Å². The van der Waals surface area contributed by atoms with E-state index in [1.54, 1.807) is 0 Å². The van der Waals surface area contributed by atoms with Crippen LogP contribution in [-0.4, -0.2) is 31.1 Å². The monoisotopic (exact) mass is 235 g/mol. The Morgan fingerprint density at radius 3 is 2.41 bits per heavy atom. The Labute approximate surface area is 103 Å². The molecule has 0 aromatic heterocycles. The van der Waals surface area contributed by atoms with Crippen LogP contribution in [-0.2, 0) is 11.3 Å². The SMILES string of the molecule is CCN(CC)Cc1ccc(C(=O)OC)cc1C. The number of hydrogen-bond donors (Lipinski definition) is 0. The third-order valence-electron chi connectivity index (χ3n) is 3.05. The molecule has 0 fully saturated rings. The second kappa shape index (κ2) is 6.40. The maximum Gasteiger partial charge on any atom is 0.337 e. The van der Waals surface area contributed by atoms with E-state index in [2.05, 4.69) is 18.7 Å². The molecule has 0 N–H and O–H groups in total. The number of ether oxygens (including phenoxy) is 1. The molecule has 0 heterocycles. The van der Waals surface area contributed by atoms with E-state index in [1.807, 2.05) is 25.1 Å². The first-order chi connectivity index (χ1) is 8.12. The number of carbonyl (C=O) groups is 1. The normalized spacial score (nSPS) is 10.6. The summed E-state index contributed by atoms with van der Waals surface area (Å²) >= 11 is 0. The van der Waals surface area contributed by atoms with Gasteiger partial charge in [0.05, 0.1) is 12.7 Å². The summed E-state index contributed by atoms with van der Waals surface area (Å²) in [5, 5.41) is 0. The van der Waals surface area contributed by atoms with Crippen LogP contribution in [0.2, 0.25) is 0 Å². The van der Waals surface area contributed by atoms with Gasteiger partial charge in [-0.15, -0.1) is 0 Å². The third-order valence-corrected chi connectivity index (χ3v) is 3.05. The number of rotatable bonds is 5. The molecule has 3 heteroatoms. The molecule has 17 heavy (non-hydrogen) atoms. The topological polar surface area (TPSA) is 29.5 Å². The smallest absolute Gasteiger partial charge is 0.337 e. The summed E-state index contributed by atoms with van der Waals surface area (Å²) in [5.41, 5.74) is 3.02. The second-order valence-electron chi connectivity index (χ2n) is 4.09. The molecule has 3 nitrogen and oxygen atoms in total. The third kappa shape index (κ3) is 3.56. The van der Waals surface area contributed by atoms with Gasteiger partial charge in [0.1, 0.15) is 0 Å². The van der Waals surface area contributed by atoms with Gasteiger partial charge in [-0.25, -0.2) is 4.79 Å². The number of aryl methyl sites for hydroxylation is 1. The molecule has 0 bridgehead atoms. The molecule has 0 amide bonds. The molecule has 1 aromatic rings. The number of benzene rings is 1. The molecule has 0 aliphatic carbocycles. The van der Waals surface area contributed by atoms with Crippen molar-refractivity contribution in [1.29, 1.82) is 0 Å². The van der Waals surface area contributed by atoms with Crippen molar-refractivity contribution in [2.45, 2.75) is 27.3 Å². The molecule has 1 rings (SSSR count). The molecule has 0 saturated carbocycles. The molecular weight excluding hydrogens is 214 g/mol. The van der Waals surface area contributed by atoms with Crippen molar-refractivity contribution in [2.24, 2.45) is 0 Å². The van der Waals surface area contributed by atoms with Gasteiger partial charge >= 0.3 is 5.97 Å². The van der Waals surface area contributed by atoms with Crippen molar-refractivity contribution in [1.82, 2.24) is 4.90 Å². The first kappa shape index (κ1) is 13.7. The molecule has 0 unspecified atom stereocenters.